The van der Waals surface area contributed by atoms with Crippen molar-refractivity contribution in [2.75, 3.05) is 12.4 Å². The number of thiocarbonyl (C=S) groups is 1. The summed E-state index contributed by atoms with van der Waals surface area (Å²) in [6.07, 6.45) is 0. The second kappa shape index (κ2) is 4.70. The van der Waals surface area contributed by atoms with Crippen LogP contribution in [-0.2, 0) is 0 Å². The van der Waals surface area contributed by atoms with Gasteiger partial charge in [0, 0.05) is 12.7 Å². The highest BCUT2D eigenvalue weighted by molar-refractivity contribution is 7.80. The zero-order valence-electron chi connectivity index (χ0n) is 8.03. The minimum absolute atomic E-state index is 0.161. The van der Waals surface area contributed by atoms with Crippen molar-refractivity contribution in [1.82, 2.24) is 4.90 Å². The van der Waals surface area contributed by atoms with Gasteiger partial charge in [0.05, 0.1) is 0 Å². The Bertz CT molecular complexity index is 379. The molecule has 2 amide bonds. The van der Waals surface area contributed by atoms with Crippen LogP contribution in [0.1, 0.15) is 0 Å². The molecular weight excluding hydrogens is 217 g/mol. The number of rotatable bonds is 1. The van der Waals surface area contributed by atoms with Crippen molar-refractivity contribution < 1.29 is 9.18 Å². The molecule has 0 radical (unpaired) electrons. The van der Waals surface area contributed by atoms with Gasteiger partial charge in [0.1, 0.15) is 5.82 Å². The maximum atomic E-state index is 12.6. The first-order valence-electron chi connectivity index (χ1n) is 4.10. The third-order valence-electron chi connectivity index (χ3n) is 1.73. The second-order valence-electron chi connectivity index (χ2n) is 2.83. The summed E-state index contributed by atoms with van der Waals surface area (Å²) in [6.45, 7) is 0. The zero-order valence-corrected chi connectivity index (χ0v) is 8.84. The van der Waals surface area contributed by atoms with E-state index in [-0.39, 0.29) is 10.9 Å². The highest BCUT2D eigenvalue weighted by Crippen LogP contribution is 2.08. The molecule has 0 atom stereocenters. The summed E-state index contributed by atoms with van der Waals surface area (Å²) in [6, 6.07) is 4.94. The monoisotopic (exact) mass is 227 g/mol. The number of primary amides is 1. The topological polar surface area (TPSA) is 58.4 Å². The Balaban J connectivity index is 2.66. The van der Waals surface area contributed by atoms with Crippen molar-refractivity contribution in [3.63, 3.8) is 0 Å². The Morgan fingerprint density at radius 1 is 1.47 bits per heavy atom. The van der Waals surface area contributed by atoms with E-state index in [2.05, 4.69) is 5.32 Å². The van der Waals surface area contributed by atoms with Crippen LogP contribution in [0.5, 0.6) is 0 Å². The van der Waals surface area contributed by atoms with Crippen LogP contribution in [-0.4, -0.2) is 23.1 Å². The van der Waals surface area contributed by atoms with Crippen LogP contribution in [0.15, 0.2) is 24.3 Å². The number of nitrogens with zero attached hydrogens (tertiary/aromatic N) is 1. The molecule has 0 saturated carbocycles. The summed E-state index contributed by atoms with van der Waals surface area (Å²) in [5.41, 5.74) is 5.61. The molecule has 1 rings (SSSR count). The van der Waals surface area contributed by atoms with Crippen molar-refractivity contribution in [1.29, 1.82) is 0 Å². The van der Waals surface area contributed by atoms with Crippen molar-refractivity contribution in [2.24, 2.45) is 5.73 Å². The Hall–Kier alpha value is -1.69. The Kier molecular flexibility index (Phi) is 3.56. The number of hydrogen-bond acceptors (Lipinski definition) is 2. The van der Waals surface area contributed by atoms with Crippen molar-refractivity contribution in [3.05, 3.63) is 30.1 Å². The van der Waals surface area contributed by atoms with Crippen LogP contribution in [0.2, 0.25) is 0 Å². The number of hydrogen-bond donors (Lipinski definition) is 2. The molecule has 3 N–H and O–H groups in total. The van der Waals surface area contributed by atoms with Crippen molar-refractivity contribution in [2.45, 2.75) is 0 Å². The Labute approximate surface area is 91.9 Å². The van der Waals surface area contributed by atoms with Crippen molar-refractivity contribution >= 4 is 29.0 Å². The average Bonchev–Trinajstić information content (AvgIpc) is 2.20. The maximum absolute atomic E-state index is 12.6. The predicted octanol–water partition coefficient (Wildman–Crippen LogP) is 1.53. The third kappa shape index (κ3) is 3.17. The number of nitrogens with one attached hydrogen (secondary N) is 1. The van der Waals surface area contributed by atoms with Gasteiger partial charge in [-0.3, -0.25) is 4.90 Å². The number of carbonyl (C=O) groups is 1. The SMILES string of the molecule is CN(C(N)=O)C(=S)Nc1ccc(F)cc1. The summed E-state index contributed by atoms with van der Waals surface area (Å²) >= 11 is 4.89. The van der Waals surface area contributed by atoms with Gasteiger partial charge in [0.2, 0.25) is 0 Å². The second-order valence-corrected chi connectivity index (χ2v) is 3.22. The first-order chi connectivity index (χ1) is 7.00. The fourth-order valence-electron chi connectivity index (χ4n) is 0.841. The lowest BCUT2D eigenvalue weighted by Gasteiger charge is -2.16. The molecule has 0 aliphatic rings. The van der Waals surface area contributed by atoms with Crippen LogP contribution >= 0.6 is 12.2 Å². The van der Waals surface area contributed by atoms with Gasteiger partial charge in [-0.25, -0.2) is 9.18 Å². The average molecular weight is 227 g/mol. The molecule has 1 aromatic rings. The smallest absolute Gasteiger partial charge is 0.320 e. The molecule has 4 nitrogen and oxygen atoms in total. The van der Waals surface area contributed by atoms with E-state index < -0.39 is 6.03 Å². The van der Waals surface area contributed by atoms with Crippen LogP contribution < -0.4 is 11.1 Å². The molecule has 0 bridgehead atoms. The Morgan fingerprint density at radius 2 is 2.00 bits per heavy atom. The van der Waals surface area contributed by atoms with E-state index in [4.69, 9.17) is 18.0 Å². The molecule has 15 heavy (non-hydrogen) atoms. The highest BCUT2D eigenvalue weighted by Gasteiger charge is 2.08. The van der Waals surface area contributed by atoms with Crippen LogP contribution in [0.4, 0.5) is 14.9 Å². The van der Waals surface area contributed by atoms with Gasteiger partial charge in [-0.15, -0.1) is 0 Å². The molecule has 1 aromatic carbocycles. The number of nitrogens with two attached hydrogens (primary N) is 1. The molecule has 0 heterocycles. The Morgan fingerprint density at radius 3 is 2.47 bits per heavy atom. The van der Waals surface area contributed by atoms with E-state index in [1.807, 2.05) is 0 Å². The van der Waals surface area contributed by atoms with Crippen molar-refractivity contribution in [3.8, 4) is 0 Å². The van der Waals surface area contributed by atoms with E-state index in [1.54, 1.807) is 0 Å². The van der Waals surface area contributed by atoms with E-state index in [1.165, 1.54) is 31.3 Å². The number of carbonyl (C=O) groups excluding carboxylic acids is 1. The van der Waals surface area contributed by atoms with Crippen LogP contribution in [0, 0.1) is 5.82 Å². The summed E-state index contributed by atoms with van der Waals surface area (Å²) in [5, 5.41) is 2.90. The highest BCUT2D eigenvalue weighted by atomic mass is 32.1. The summed E-state index contributed by atoms with van der Waals surface area (Å²) in [5.74, 6) is -0.338. The number of urea groups is 1. The summed E-state index contributed by atoms with van der Waals surface area (Å²) in [4.78, 5) is 11.8. The molecule has 0 aliphatic carbocycles. The lowest BCUT2D eigenvalue weighted by molar-refractivity contribution is 0.236. The molecule has 0 fully saturated rings. The molecule has 0 aliphatic heterocycles. The van der Waals surface area contributed by atoms with Gasteiger partial charge in [-0.1, -0.05) is 0 Å². The minimum Gasteiger partial charge on any atom is -0.351 e. The van der Waals surface area contributed by atoms with E-state index >= 15 is 0 Å². The van der Waals surface area contributed by atoms with Gasteiger partial charge < -0.3 is 11.1 Å². The molecule has 6 heteroatoms. The number of benzene rings is 1. The van der Waals surface area contributed by atoms with Gasteiger partial charge in [-0.2, -0.15) is 0 Å². The standard InChI is InChI=1S/C9H10FN3OS/c1-13(8(11)14)9(15)12-7-4-2-6(10)3-5-7/h2-5H,1H3,(H2,11,14)(H,12,15). The van der Waals surface area contributed by atoms with Gasteiger partial charge in [0.15, 0.2) is 5.11 Å². The molecule has 0 saturated heterocycles. The number of halogens is 1. The lowest BCUT2D eigenvalue weighted by Crippen LogP contribution is -2.39. The van der Waals surface area contributed by atoms with Crippen LogP contribution in [0.3, 0.4) is 0 Å². The quantitative estimate of drug-likeness (QED) is 0.715. The summed E-state index contributed by atoms with van der Waals surface area (Å²) in [7, 11) is 1.45. The van der Waals surface area contributed by atoms with Gasteiger partial charge >= 0.3 is 6.03 Å². The maximum Gasteiger partial charge on any atom is 0.320 e. The lowest BCUT2D eigenvalue weighted by atomic mass is 10.3. The molecule has 0 aromatic heterocycles. The molecular formula is C9H10FN3OS. The third-order valence-corrected chi connectivity index (χ3v) is 2.11. The van der Waals surface area contributed by atoms with E-state index in [9.17, 15) is 9.18 Å². The largest absolute Gasteiger partial charge is 0.351 e. The van der Waals surface area contributed by atoms with Gasteiger partial charge in [0.25, 0.3) is 0 Å². The van der Waals surface area contributed by atoms with E-state index in [0.717, 1.165) is 4.90 Å². The van der Waals surface area contributed by atoms with Crippen LogP contribution in [0.25, 0.3) is 0 Å². The first-order valence-corrected chi connectivity index (χ1v) is 4.51. The number of anilines is 1. The van der Waals surface area contributed by atoms with E-state index in [0.29, 0.717) is 5.69 Å². The first kappa shape index (κ1) is 11.4. The number of amides is 2. The fourth-order valence-corrected chi connectivity index (χ4v) is 1.05. The molecule has 80 valence electrons. The van der Waals surface area contributed by atoms with Gasteiger partial charge in [-0.05, 0) is 36.5 Å². The fraction of sp³-hybridized carbons (Fsp3) is 0.111. The minimum atomic E-state index is -0.658. The predicted molar refractivity (Wildman–Crippen MR) is 60.0 cm³/mol. The zero-order chi connectivity index (χ0) is 11.4. The molecule has 0 unspecified atom stereocenters. The summed E-state index contributed by atoms with van der Waals surface area (Å²) < 4.78 is 12.6. The normalized spacial score (nSPS) is 9.47. The molecule has 0 spiro atoms.